The van der Waals surface area contributed by atoms with Gasteiger partial charge in [-0.2, -0.15) is 0 Å². The molecule has 2 aliphatic rings. The summed E-state index contributed by atoms with van der Waals surface area (Å²) in [6.07, 6.45) is 2.68. The van der Waals surface area contributed by atoms with E-state index in [1.807, 2.05) is 0 Å². The van der Waals surface area contributed by atoms with Gasteiger partial charge >= 0.3 is 5.97 Å². The number of ether oxygens (including phenoxy) is 2. The Hall–Kier alpha value is -0.850. The lowest BCUT2D eigenvalue weighted by Gasteiger charge is -2.16. The highest BCUT2D eigenvalue weighted by Crippen LogP contribution is 2.16. The first-order chi connectivity index (χ1) is 8.66. The molecule has 2 aliphatic heterocycles. The van der Waals surface area contributed by atoms with Crippen molar-refractivity contribution in [3.05, 3.63) is 0 Å². The van der Waals surface area contributed by atoms with Crippen LogP contribution in [0, 0.1) is 5.92 Å². The van der Waals surface area contributed by atoms with E-state index in [9.17, 15) is 9.59 Å². The average Bonchev–Trinajstić information content (AvgIpc) is 2.99. The van der Waals surface area contributed by atoms with Gasteiger partial charge in [-0.05, 0) is 19.3 Å². The van der Waals surface area contributed by atoms with Gasteiger partial charge in [-0.3, -0.25) is 9.59 Å². The summed E-state index contributed by atoms with van der Waals surface area (Å²) in [6, 6.07) is 0. The number of carbonyl (C=O) groups is 2. The van der Waals surface area contributed by atoms with Gasteiger partial charge < -0.3 is 19.5 Å². The molecule has 0 aromatic heterocycles. The van der Waals surface area contributed by atoms with Gasteiger partial charge in [0.1, 0.15) is 6.61 Å². The molecule has 0 radical (unpaired) electrons. The summed E-state index contributed by atoms with van der Waals surface area (Å²) in [7, 11) is 0. The Morgan fingerprint density at radius 1 is 1.37 bits per heavy atom. The minimum Gasteiger partial charge on any atom is -0.481 e. The Morgan fingerprint density at radius 2 is 2.16 bits per heavy atom. The SMILES string of the molecule is Cl.O=C(O)C1CCN(C(=O)COCC2CCCO2)C1. The van der Waals surface area contributed by atoms with Gasteiger partial charge in [0.05, 0.1) is 18.6 Å². The third-order valence-corrected chi connectivity index (χ3v) is 3.44. The third-order valence-electron chi connectivity index (χ3n) is 3.44. The van der Waals surface area contributed by atoms with E-state index in [0.29, 0.717) is 26.1 Å². The summed E-state index contributed by atoms with van der Waals surface area (Å²) in [4.78, 5) is 24.1. The number of hydrogen-bond acceptors (Lipinski definition) is 4. The minimum absolute atomic E-state index is 0. The quantitative estimate of drug-likeness (QED) is 0.800. The van der Waals surface area contributed by atoms with E-state index in [1.54, 1.807) is 4.90 Å². The lowest BCUT2D eigenvalue weighted by molar-refractivity contribution is -0.141. The van der Waals surface area contributed by atoms with Crippen molar-refractivity contribution in [2.75, 3.05) is 32.9 Å². The normalized spacial score (nSPS) is 26.2. The average molecular weight is 294 g/mol. The van der Waals surface area contributed by atoms with Crippen LogP contribution in [0.5, 0.6) is 0 Å². The monoisotopic (exact) mass is 293 g/mol. The second-order valence-corrected chi connectivity index (χ2v) is 4.81. The van der Waals surface area contributed by atoms with Crippen molar-refractivity contribution in [3.8, 4) is 0 Å². The molecule has 0 aliphatic carbocycles. The van der Waals surface area contributed by atoms with Gasteiger partial charge in [0.2, 0.25) is 5.91 Å². The van der Waals surface area contributed by atoms with Gasteiger partial charge in [-0.1, -0.05) is 0 Å². The number of nitrogens with zero attached hydrogens (tertiary/aromatic N) is 1. The standard InChI is InChI=1S/C12H19NO5.ClH/c14-11(8-17-7-10-2-1-5-18-10)13-4-3-9(6-13)12(15)16;/h9-10H,1-8H2,(H,15,16);1H. The van der Waals surface area contributed by atoms with Crippen LogP contribution in [0.2, 0.25) is 0 Å². The Balaban J connectivity index is 0.00000180. The van der Waals surface area contributed by atoms with E-state index >= 15 is 0 Å². The molecule has 2 rings (SSSR count). The van der Waals surface area contributed by atoms with Crippen molar-refractivity contribution in [2.24, 2.45) is 5.92 Å². The molecule has 2 unspecified atom stereocenters. The third kappa shape index (κ3) is 4.63. The largest absolute Gasteiger partial charge is 0.481 e. The lowest BCUT2D eigenvalue weighted by Crippen LogP contribution is -2.33. The first-order valence-corrected chi connectivity index (χ1v) is 6.36. The smallest absolute Gasteiger partial charge is 0.308 e. The van der Waals surface area contributed by atoms with Gasteiger partial charge in [0.15, 0.2) is 0 Å². The second kappa shape index (κ2) is 7.67. The van der Waals surface area contributed by atoms with Crippen LogP contribution in [-0.4, -0.2) is 60.9 Å². The van der Waals surface area contributed by atoms with Gasteiger partial charge in [0, 0.05) is 19.7 Å². The number of halogens is 1. The van der Waals surface area contributed by atoms with E-state index in [-0.39, 0.29) is 31.0 Å². The van der Waals surface area contributed by atoms with Crippen LogP contribution in [0.1, 0.15) is 19.3 Å². The van der Waals surface area contributed by atoms with Gasteiger partial charge in [-0.15, -0.1) is 12.4 Å². The summed E-state index contributed by atoms with van der Waals surface area (Å²) in [5.41, 5.74) is 0. The highest BCUT2D eigenvalue weighted by Gasteiger charge is 2.30. The maximum absolute atomic E-state index is 11.8. The second-order valence-electron chi connectivity index (χ2n) is 4.81. The molecular formula is C12H20ClNO5. The molecule has 2 fully saturated rings. The van der Waals surface area contributed by atoms with E-state index in [2.05, 4.69) is 0 Å². The molecule has 0 bridgehead atoms. The van der Waals surface area contributed by atoms with E-state index in [4.69, 9.17) is 14.6 Å². The molecule has 110 valence electrons. The predicted octanol–water partition coefficient (Wildman–Crippen LogP) is 0.537. The Bertz CT molecular complexity index is 319. The highest BCUT2D eigenvalue weighted by atomic mass is 35.5. The molecule has 2 atom stereocenters. The molecule has 1 N–H and O–H groups in total. The number of carboxylic acid groups (broad SMARTS) is 1. The Kier molecular flexibility index (Phi) is 6.54. The molecule has 0 saturated carbocycles. The van der Waals surface area contributed by atoms with Crippen molar-refractivity contribution in [1.29, 1.82) is 0 Å². The molecule has 1 amide bonds. The summed E-state index contributed by atoms with van der Waals surface area (Å²) in [5, 5.41) is 8.85. The zero-order valence-corrected chi connectivity index (χ0v) is 11.6. The van der Waals surface area contributed by atoms with Crippen LogP contribution >= 0.6 is 12.4 Å². The maximum atomic E-state index is 11.8. The summed E-state index contributed by atoms with van der Waals surface area (Å²) < 4.78 is 10.7. The lowest BCUT2D eigenvalue weighted by atomic mass is 10.1. The highest BCUT2D eigenvalue weighted by molar-refractivity contribution is 5.85. The number of likely N-dealkylation sites (tertiary alicyclic amines) is 1. The fraction of sp³-hybridized carbons (Fsp3) is 0.833. The Morgan fingerprint density at radius 3 is 2.74 bits per heavy atom. The number of hydrogen-bond donors (Lipinski definition) is 1. The summed E-state index contributed by atoms with van der Waals surface area (Å²) >= 11 is 0. The fourth-order valence-corrected chi connectivity index (χ4v) is 2.33. The van der Waals surface area contributed by atoms with Gasteiger partial charge in [0.25, 0.3) is 0 Å². The summed E-state index contributed by atoms with van der Waals surface area (Å²) in [6.45, 7) is 2.05. The van der Waals surface area contributed by atoms with E-state index in [1.165, 1.54) is 0 Å². The van der Waals surface area contributed by atoms with Crippen molar-refractivity contribution < 1.29 is 24.2 Å². The maximum Gasteiger partial charge on any atom is 0.308 e. The number of aliphatic carboxylic acids is 1. The molecule has 0 aromatic carbocycles. The number of carbonyl (C=O) groups excluding carboxylic acids is 1. The van der Waals surface area contributed by atoms with Crippen LogP contribution in [0.15, 0.2) is 0 Å². The molecule has 0 spiro atoms. The van der Waals surface area contributed by atoms with Crippen LogP contribution in [-0.2, 0) is 19.1 Å². The van der Waals surface area contributed by atoms with Crippen molar-refractivity contribution >= 4 is 24.3 Å². The fourth-order valence-electron chi connectivity index (χ4n) is 2.33. The zero-order valence-electron chi connectivity index (χ0n) is 10.7. The predicted molar refractivity (Wildman–Crippen MR) is 69.4 cm³/mol. The van der Waals surface area contributed by atoms with Crippen LogP contribution in [0.3, 0.4) is 0 Å². The number of rotatable bonds is 5. The first kappa shape index (κ1) is 16.2. The Labute approximate surface area is 118 Å². The van der Waals surface area contributed by atoms with Crippen molar-refractivity contribution in [2.45, 2.75) is 25.4 Å². The number of carboxylic acids is 1. The zero-order chi connectivity index (χ0) is 13.0. The molecule has 6 nitrogen and oxygen atoms in total. The topological polar surface area (TPSA) is 76.1 Å². The summed E-state index contributed by atoms with van der Waals surface area (Å²) in [5.74, 6) is -1.38. The van der Waals surface area contributed by atoms with Crippen molar-refractivity contribution in [1.82, 2.24) is 4.90 Å². The van der Waals surface area contributed by atoms with Crippen LogP contribution in [0.4, 0.5) is 0 Å². The minimum atomic E-state index is -0.828. The number of amides is 1. The molecule has 0 aromatic rings. The van der Waals surface area contributed by atoms with Crippen LogP contribution in [0.25, 0.3) is 0 Å². The van der Waals surface area contributed by atoms with Crippen LogP contribution < -0.4 is 0 Å². The van der Waals surface area contributed by atoms with E-state index < -0.39 is 11.9 Å². The first-order valence-electron chi connectivity index (χ1n) is 6.36. The molecular weight excluding hydrogens is 274 g/mol. The van der Waals surface area contributed by atoms with Gasteiger partial charge in [-0.25, -0.2) is 0 Å². The molecule has 19 heavy (non-hydrogen) atoms. The van der Waals surface area contributed by atoms with Crippen molar-refractivity contribution in [3.63, 3.8) is 0 Å². The van der Waals surface area contributed by atoms with E-state index in [0.717, 1.165) is 19.4 Å². The molecule has 2 saturated heterocycles. The molecule has 7 heteroatoms. The molecule has 2 heterocycles.